The number of hydrogen-bond acceptors (Lipinski definition) is 5. The van der Waals surface area contributed by atoms with Gasteiger partial charge in [-0.15, -0.1) is 0 Å². The van der Waals surface area contributed by atoms with Crippen molar-refractivity contribution < 1.29 is 4.52 Å². The van der Waals surface area contributed by atoms with Gasteiger partial charge in [0.2, 0.25) is 5.89 Å². The standard InChI is InChI=1S/C14H21N3OS/c1-3-14(2,7-8-15)10-12-16-13(17-18-12)11-6-4-5-9-19-11/h11H,3-7,9-10H2,1-2H3. The lowest BCUT2D eigenvalue weighted by Crippen LogP contribution is -2.18. The molecule has 2 rings (SSSR count). The number of rotatable bonds is 5. The third kappa shape index (κ3) is 3.73. The van der Waals surface area contributed by atoms with Gasteiger partial charge in [0.05, 0.1) is 11.3 Å². The highest BCUT2D eigenvalue weighted by molar-refractivity contribution is 7.99. The van der Waals surface area contributed by atoms with Gasteiger partial charge in [0.1, 0.15) is 0 Å². The van der Waals surface area contributed by atoms with E-state index in [1.807, 2.05) is 11.8 Å². The molecular weight excluding hydrogens is 258 g/mol. The molecule has 0 amide bonds. The summed E-state index contributed by atoms with van der Waals surface area (Å²) in [6.07, 6.45) is 5.86. The van der Waals surface area contributed by atoms with Crippen LogP contribution in [0.1, 0.15) is 62.9 Å². The van der Waals surface area contributed by atoms with Crippen molar-refractivity contribution in [3.05, 3.63) is 11.7 Å². The van der Waals surface area contributed by atoms with Gasteiger partial charge in [0.15, 0.2) is 5.82 Å². The Morgan fingerprint density at radius 2 is 2.37 bits per heavy atom. The van der Waals surface area contributed by atoms with Crippen molar-refractivity contribution in [2.45, 2.75) is 57.6 Å². The molecule has 0 N–H and O–H groups in total. The molecule has 104 valence electrons. The maximum absolute atomic E-state index is 8.90. The smallest absolute Gasteiger partial charge is 0.227 e. The van der Waals surface area contributed by atoms with Crippen LogP contribution in [-0.4, -0.2) is 15.9 Å². The van der Waals surface area contributed by atoms with Crippen molar-refractivity contribution in [1.82, 2.24) is 10.1 Å². The summed E-state index contributed by atoms with van der Waals surface area (Å²) in [6, 6.07) is 2.26. The SMILES string of the molecule is CCC(C)(CC#N)Cc1nc(C2CCCCS2)no1. The van der Waals surface area contributed by atoms with Crippen LogP contribution in [0.25, 0.3) is 0 Å². The van der Waals surface area contributed by atoms with E-state index in [0.29, 0.717) is 24.0 Å². The molecule has 0 radical (unpaired) electrons. The molecule has 0 saturated carbocycles. The van der Waals surface area contributed by atoms with Gasteiger partial charge in [-0.25, -0.2) is 0 Å². The number of thioether (sulfide) groups is 1. The zero-order chi connectivity index (χ0) is 13.7. The first kappa shape index (κ1) is 14.4. The minimum Gasteiger partial charge on any atom is -0.339 e. The van der Waals surface area contributed by atoms with E-state index in [1.54, 1.807) is 0 Å². The van der Waals surface area contributed by atoms with E-state index < -0.39 is 0 Å². The van der Waals surface area contributed by atoms with Gasteiger partial charge in [0.25, 0.3) is 0 Å². The number of hydrogen-bond donors (Lipinski definition) is 0. The van der Waals surface area contributed by atoms with Gasteiger partial charge in [-0.3, -0.25) is 0 Å². The molecule has 1 fully saturated rings. The molecule has 0 aliphatic carbocycles. The first-order chi connectivity index (χ1) is 9.17. The van der Waals surface area contributed by atoms with Gasteiger partial charge in [-0.2, -0.15) is 22.0 Å². The lowest BCUT2D eigenvalue weighted by molar-refractivity contribution is 0.265. The van der Waals surface area contributed by atoms with Crippen LogP contribution in [0, 0.1) is 16.7 Å². The van der Waals surface area contributed by atoms with Crippen molar-refractivity contribution in [2.75, 3.05) is 5.75 Å². The summed E-state index contributed by atoms with van der Waals surface area (Å²) in [4.78, 5) is 4.54. The van der Waals surface area contributed by atoms with Crippen LogP contribution in [0.4, 0.5) is 0 Å². The maximum Gasteiger partial charge on any atom is 0.227 e. The second kappa shape index (κ2) is 6.42. The predicted octanol–water partition coefficient (Wildman–Crippen LogP) is 3.90. The van der Waals surface area contributed by atoms with E-state index in [2.05, 4.69) is 30.1 Å². The molecule has 0 spiro atoms. The van der Waals surface area contributed by atoms with E-state index in [0.717, 1.165) is 18.7 Å². The van der Waals surface area contributed by atoms with Gasteiger partial charge < -0.3 is 4.52 Å². The molecule has 0 bridgehead atoms. The van der Waals surface area contributed by atoms with Crippen molar-refractivity contribution >= 4 is 11.8 Å². The number of nitrogens with zero attached hydrogens (tertiary/aromatic N) is 3. The van der Waals surface area contributed by atoms with E-state index in [-0.39, 0.29) is 5.41 Å². The quantitative estimate of drug-likeness (QED) is 0.818. The summed E-state index contributed by atoms with van der Waals surface area (Å²) in [6.45, 7) is 4.21. The topological polar surface area (TPSA) is 62.7 Å². The Hall–Kier alpha value is -1.02. The molecule has 19 heavy (non-hydrogen) atoms. The Kier molecular flexibility index (Phi) is 4.87. The Balaban J connectivity index is 2.02. The van der Waals surface area contributed by atoms with E-state index in [9.17, 15) is 0 Å². The third-order valence-corrected chi connectivity index (χ3v) is 5.26. The van der Waals surface area contributed by atoms with Gasteiger partial charge in [-0.1, -0.05) is 25.4 Å². The third-order valence-electron chi connectivity index (χ3n) is 3.89. The van der Waals surface area contributed by atoms with Crippen LogP contribution in [-0.2, 0) is 6.42 Å². The lowest BCUT2D eigenvalue weighted by Gasteiger charge is -2.22. The van der Waals surface area contributed by atoms with Gasteiger partial charge in [0, 0.05) is 12.8 Å². The zero-order valence-corrected chi connectivity index (χ0v) is 12.5. The highest BCUT2D eigenvalue weighted by atomic mass is 32.2. The van der Waals surface area contributed by atoms with Crippen molar-refractivity contribution in [2.24, 2.45) is 5.41 Å². The van der Waals surface area contributed by atoms with Crippen molar-refractivity contribution in [1.29, 1.82) is 5.26 Å². The second-order valence-corrected chi connectivity index (χ2v) is 6.89. The van der Waals surface area contributed by atoms with E-state index >= 15 is 0 Å². The summed E-state index contributed by atoms with van der Waals surface area (Å²) < 4.78 is 5.38. The molecule has 1 aliphatic heterocycles. The average molecular weight is 279 g/mol. The predicted molar refractivity (Wildman–Crippen MR) is 75.7 cm³/mol. The fraction of sp³-hybridized carbons (Fsp3) is 0.786. The molecule has 1 aliphatic rings. The van der Waals surface area contributed by atoms with Crippen LogP contribution < -0.4 is 0 Å². The monoisotopic (exact) mass is 279 g/mol. The van der Waals surface area contributed by atoms with Crippen LogP contribution in [0.2, 0.25) is 0 Å². The number of aromatic nitrogens is 2. The van der Waals surface area contributed by atoms with Crippen LogP contribution in [0.5, 0.6) is 0 Å². The summed E-state index contributed by atoms with van der Waals surface area (Å²) in [5, 5.41) is 13.4. The molecule has 1 aromatic heterocycles. The Labute approximate surface area is 119 Å². The normalized spacial score (nSPS) is 22.7. The van der Waals surface area contributed by atoms with Crippen LogP contribution >= 0.6 is 11.8 Å². The largest absolute Gasteiger partial charge is 0.339 e. The molecule has 0 aromatic carbocycles. The molecular formula is C14H21N3OS. The second-order valence-electron chi connectivity index (χ2n) is 5.58. The number of nitriles is 1. The molecule has 4 nitrogen and oxygen atoms in total. The molecule has 2 atom stereocenters. The molecule has 1 saturated heterocycles. The van der Waals surface area contributed by atoms with Crippen LogP contribution in [0.15, 0.2) is 4.52 Å². The highest BCUT2D eigenvalue weighted by Crippen LogP contribution is 2.37. The van der Waals surface area contributed by atoms with Gasteiger partial charge in [-0.05, 0) is 30.4 Å². The minimum absolute atomic E-state index is 0.0573. The Bertz CT molecular complexity index is 448. The molecule has 1 aromatic rings. The van der Waals surface area contributed by atoms with Crippen molar-refractivity contribution in [3.8, 4) is 6.07 Å². The summed E-state index contributed by atoms with van der Waals surface area (Å²) >= 11 is 1.93. The maximum atomic E-state index is 8.90. The Morgan fingerprint density at radius 1 is 1.53 bits per heavy atom. The Morgan fingerprint density at radius 3 is 3.00 bits per heavy atom. The molecule has 2 unspecified atom stereocenters. The minimum atomic E-state index is -0.0573. The van der Waals surface area contributed by atoms with E-state index in [1.165, 1.54) is 18.6 Å². The first-order valence-electron chi connectivity index (χ1n) is 6.98. The molecule has 5 heteroatoms. The zero-order valence-electron chi connectivity index (χ0n) is 11.7. The van der Waals surface area contributed by atoms with Gasteiger partial charge >= 0.3 is 0 Å². The fourth-order valence-corrected chi connectivity index (χ4v) is 3.52. The summed E-state index contributed by atoms with van der Waals surface area (Å²) in [5.74, 6) is 2.71. The summed E-state index contributed by atoms with van der Waals surface area (Å²) in [7, 11) is 0. The first-order valence-corrected chi connectivity index (χ1v) is 8.03. The summed E-state index contributed by atoms with van der Waals surface area (Å²) in [5.41, 5.74) is -0.0573. The van der Waals surface area contributed by atoms with Crippen molar-refractivity contribution in [3.63, 3.8) is 0 Å². The highest BCUT2D eigenvalue weighted by Gasteiger charge is 2.27. The lowest BCUT2D eigenvalue weighted by atomic mass is 9.81. The van der Waals surface area contributed by atoms with E-state index in [4.69, 9.17) is 9.78 Å². The van der Waals surface area contributed by atoms with Crippen LogP contribution in [0.3, 0.4) is 0 Å². The fourth-order valence-electron chi connectivity index (χ4n) is 2.28. The molecule has 2 heterocycles. The average Bonchev–Trinajstić information content (AvgIpc) is 2.88.